The average Bonchev–Trinajstić information content (AvgIpc) is 2.29. The predicted molar refractivity (Wildman–Crippen MR) is 64.1 cm³/mol. The molecule has 6 nitrogen and oxygen atoms in total. The van der Waals surface area contributed by atoms with E-state index in [0.717, 1.165) is 32.4 Å². The summed E-state index contributed by atoms with van der Waals surface area (Å²) in [6, 6.07) is 0. The zero-order valence-electron chi connectivity index (χ0n) is 10.5. The minimum absolute atomic E-state index is 0. The molecule has 0 bridgehead atoms. The van der Waals surface area contributed by atoms with Crippen LogP contribution in [-0.2, 0) is 13.7 Å². The van der Waals surface area contributed by atoms with Crippen molar-refractivity contribution in [2.24, 2.45) is 5.73 Å². The fraction of sp³-hybridized carbons (Fsp3) is 1.00. The molecule has 8 heteroatoms. The number of hydroxylamine groups is 1. The molecule has 0 spiro atoms. The van der Waals surface area contributed by atoms with Gasteiger partial charge in [-0.15, -0.1) is 10.0 Å². The van der Waals surface area contributed by atoms with E-state index in [2.05, 4.69) is 17.7 Å². The van der Waals surface area contributed by atoms with Gasteiger partial charge in [-0.25, -0.2) is 0 Å². The number of hydrogen-bond acceptors (Lipinski definition) is 6. The van der Waals surface area contributed by atoms with E-state index in [1.165, 1.54) is 0 Å². The minimum atomic E-state index is -2.04. The topological polar surface area (TPSA) is 85.6 Å². The van der Waals surface area contributed by atoms with Crippen molar-refractivity contribution in [2.45, 2.75) is 26.2 Å². The van der Waals surface area contributed by atoms with Gasteiger partial charge in [-0.3, -0.25) is 0 Å². The van der Waals surface area contributed by atoms with Crippen LogP contribution in [0.25, 0.3) is 0 Å². The Hall–Kier alpha value is 1.09. The van der Waals surface area contributed by atoms with Gasteiger partial charge in [-0.05, 0) is 11.0 Å². The molecule has 1 atom stereocenters. The maximum Gasteiger partial charge on any atom is 0.716 e. The van der Waals surface area contributed by atoms with Crippen LogP contribution in [0.4, 0.5) is 0 Å². The van der Waals surface area contributed by atoms with Gasteiger partial charge in [-0.2, -0.15) is 0 Å². The van der Waals surface area contributed by atoms with Crippen molar-refractivity contribution in [3.05, 3.63) is 0 Å². The number of unbranched alkanes of at least 4 members (excludes halogenated alkanes) is 2. The molecule has 0 rings (SSSR count). The van der Waals surface area contributed by atoms with Gasteiger partial charge in [0.25, 0.3) is 0 Å². The molecular formula is C9H23LaN3O3P+. The summed E-state index contributed by atoms with van der Waals surface area (Å²) in [6.07, 6.45) is 3.12. The van der Waals surface area contributed by atoms with Crippen LogP contribution in [0.5, 0.6) is 0 Å². The summed E-state index contributed by atoms with van der Waals surface area (Å²) in [5, 5.41) is 3.07. The largest absolute Gasteiger partial charge is 0.716 e. The molecule has 99 valence electrons. The second-order valence-corrected chi connectivity index (χ2v) is 4.18. The molecular weight excluding hydrogens is 368 g/mol. The molecule has 17 heavy (non-hydrogen) atoms. The molecule has 1 radical (unpaired) electrons. The van der Waals surface area contributed by atoms with Crippen molar-refractivity contribution in [2.75, 3.05) is 32.8 Å². The summed E-state index contributed by atoms with van der Waals surface area (Å²) in [6.45, 7) is 5.25. The van der Waals surface area contributed by atoms with E-state index >= 15 is 0 Å². The van der Waals surface area contributed by atoms with Gasteiger partial charge in [-0.1, -0.05) is 19.8 Å². The summed E-state index contributed by atoms with van der Waals surface area (Å²) in [5.41, 5.74) is 7.86. The molecule has 0 aliphatic rings. The molecule has 4 N–H and O–H groups in total. The first-order valence-electron chi connectivity index (χ1n) is 5.72. The van der Waals surface area contributed by atoms with Crippen molar-refractivity contribution in [3.63, 3.8) is 0 Å². The predicted octanol–water partition coefficient (Wildman–Crippen LogP) is 0.920. The molecule has 0 aromatic rings. The Morgan fingerprint density at radius 1 is 1.24 bits per heavy atom. The van der Waals surface area contributed by atoms with Crippen LogP contribution in [0, 0.1) is 35.6 Å². The molecule has 0 saturated carbocycles. The number of nitrogens with two attached hydrogens (primary N) is 1. The molecule has 0 aliphatic heterocycles. The molecule has 0 fully saturated rings. The maximum atomic E-state index is 11.1. The van der Waals surface area contributed by atoms with Crippen LogP contribution in [0.15, 0.2) is 0 Å². The van der Waals surface area contributed by atoms with Gasteiger partial charge >= 0.3 is 8.25 Å². The second-order valence-electron chi connectivity index (χ2n) is 3.29. The van der Waals surface area contributed by atoms with Crippen LogP contribution in [0.1, 0.15) is 26.2 Å². The summed E-state index contributed by atoms with van der Waals surface area (Å²) in [4.78, 5) is 0. The van der Waals surface area contributed by atoms with Gasteiger partial charge in [0.2, 0.25) is 0 Å². The Morgan fingerprint density at radius 3 is 2.65 bits per heavy atom. The Morgan fingerprint density at radius 2 is 2.00 bits per heavy atom. The summed E-state index contributed by atoms with van der Waals surface area (Å²) >= 11 is 0. The van der Waals surface area contributed by atoms with Crippen LogP contribution in [0.2, 0.25) is 0 Å². The van der Waals surface area contributed by atoms with Crippen LogP contribution >= 0.6 is 8.25 Å². The first-order valence-corrected chi connectivity index (χ1v) is 6.81. The van der Waals surface area contributed by atoms with E-state index in [9.17, 15) is 4.57 Å². The summed E-state index contributed by atoms with van der Waals surface area (Å²) < 4.78 is 20.8. The third kappa shape index (κ3) is 17.1. The summed E-state index contributed by atoms with van der Waals surface area (Å²) in [5.74, 6) is 0. The molecule has 0 amide bonds. The summed E-state index contributed by atoms with van der Waals surface area (Å²) in [7, 11) is -2.04. The van der Waals surface area contributed by atoms with Crippen LogP contribution in [-0.4, -0.2) is 32.8 Å². The monoisotopic (exact) mass is 391 g/mol. The fourth-order valence-electron chi connectivity index (χ4n) is 0.982. The van der Waals surface area contributed by atoms with E-state index in [4.69, 9.17) is 14.9 Å². The molecule has 0 aromatic carbocycles. The van der Waals surface area contributed by atoms with Crippen molar-refractivity contribution < 1.29 is 49.3 Å². The second kappa shape index (κ2) is 17.1. The third-order valence-electron chi connectivity index (χ3n) is 1.81. The normalized spacial score (nSPS) is 11.1. The Bertz CT molecular complexity index is 178. The van der Waals surface area contributed by atoms with Crippen LogP contribution < -0.4 is 16.5 Å². The molecule has 1 unspecified atom stereocenters. The third-order valence-corrected chi connectivity index (χ3v) is 2.48. The number of nitrogens with one attached hydrogen (secondary N) is 2. The van der Waals surface area contributed by atoms with Crippen LogP contribution in [0.3, 0.4) is 0 Å². The van der Waals surface area contributed by atoms with E-state index < -0.39 is 8.25 Å². The fourth-order valence-corrected chi connectivity index (χ4v) is 1.51. The van der Waals surface area contributed by atoms with E-state index in [1.807, 2.05) is 0 Å². The average molecular weight is 391 g/mol. The first kappa shape index (κ1) is 20.4. The molecule has 0 aliphatic carbocycles. The van der Waals surface area contributed by atoms with Gasteiger partial charge in [0.05, 0.1) is 0 Å². The van der Waals surface area contributed by atoms with Gasteiger partial charge in [0.1, 0.15) is 6.61 Å². The maximum absolute atomic E-state index is 11.1. The number of rotatable bonds is 12. The molecule has 0 aromatic heterocycles. The van der Waals surface area contributed by atoms with Gasteiger partial charge in [0, 0.05) is 66.3 Å². The Balaban J connectivity index is 0. The minimum Gasteiger partial charge on any atom is -0.329 e. The SMILES string of the molecule is CCCCCO[P+](=O)ONCCNCCN.[La]. The Kier molecular flexibility index (Phi) is 20.5. The van der Waals surface area contributed by atoms with Crippen molar-refractivity contribution in [1.29, 1.82) is 0 Å². The molecule has 0 saturated heterocycles. The van der Waals surface area contributed by atoms with Crippen molar-refractivity contribution in [1.82, 2.24) is 10.8 Å². The van der Waals surface area contributed by atoms with E-state index in [-0.39, 0.29) is 35.6 Å². The standard InChI is InChI=1S/C9H23N3O3P.La/c1-2-3-4-9-14-16(13)15-12-8-7-11-6-5-10;/h11-12H,2-10H2,1H3;/q+1;. The van der Waals surface area contributed by atoms with E-state index in [0.29, 0.717) is 19.7 Å². The van der Waals surface area contributed by atoms with E-state index in [1.54, 1.807) is 0 Å². The smallest absolute Gasteiger partial charge is 0.329 e. The quantitative estimate of drug-likeness (QED) is 0.261. The number of hydrogen-bond donors (Lipinski definition) is 3. The van der Waals surface area contributed by atoms with Gasteiger partial charge < -0.3 is 11.1 Å². The molecule has 0 heterocycles. The zero-order valence-corrected chi connectivity index (χ0v) is 15.0. The van der Waals surface area contributed by atoms with Crippen molar-refractivity contribution in [3.8, 4) is 0 Å². The Labute approximate surface area is 132 Å². The first-order chi connectivity index (χ1) is 7.81. The zero-order chi connectivity index (χ0) is 12.1. The van der Waals surface area contributed by atoms with Crippen molar-refractivity contribution >= 4 is 8.25 Å². The van der Waals surface area contributed by atoms with Gasteiger partial charge in [0.15, 0.2) is 0 Å².